The lowest BCUT2D eigenvalue weighted by Gasteiger charge is -2.24. The summed E-state index contributed by atoms with van der Waals surface area (Å²) in [5.74, 6) is 1.07. The molecule has 1 unspecified atom stereocenters. The van der Waals surface area contributed by atoms with E-state index >= 15 is 0 Å². The highest BCUT2D eigenvalue weighted by molar-refractivity contribution is 5.56. The number of anilines is 1. The van der Waals surface area contributed by atoms with Gasteiger partial charge in [0.15, 0.2) is 5.82 Å². The summed E-state index contributed by atoms with van der Waals surface area (Å²) < 4.78 is 2.16. The Kier molecular flexibility index (Phi) is 3.87. The Morgan fingerprint density at radius 1 is 1.44 bits per heavy atom. The van der Waals surface area contributed by atoms with Crippen molar-refractivity contribution in [2.75, 3.05) is 19.0 Å². The lowest BCUT2D eigenvalue weighted by Crippen LogP contribution is -2.29. The summed E-state index contributed by atoms with van der Waals surface area (Å²) >= 11 is 0. The van der Waals surface area contributed by atoms with Crippen LogP contribution in [0.3, 0.4) is 0 Å². The number of rotatable bonds is 5. The smallest absolute Gasteiger partial charge is 0.152 e. The van der Waals surface area contributed by atoms with Gasteiger partial charge in [0.05, 0.1) is 5.69 Å². The zero-order valence-corrected chi connectivity index (χ0v) is 11.6. The lowest BCUT2D eigenvalue weighted by molar-refractivity contribution is 0.651. The Morgan fingerprint density at radius 2 is 2.22 bits per heavy atom. The molecule has 1 N–H and O–H groups in total. The van der Waals surface area contributed by atoms with Crippen molar-refractivity contribution in [3.05, 3.63) is 30.1 Å². The number of aromatic nitrogens is 2. The molecule has 2 aromatic heterocycles. The number of fused-ring (bicyclic) bond motifs is 1. The van der Waals surface area contributed by atoms with E-state index < -0.39 is 0 Å². The molecule has 0 spiro atoms. The summed E-state index contributed by atoms with van der Waals surface area (Å²) in [6.45, 7) is 5.25. The van der Waals surface area contributed by atoms with Gasteiger partial charge in [-0.2, -0.15) is 0 Å². The maximum absolute atomic E-state index is 4.75. The maximum Gasteiger partial charge on any atom is 0.152 e. The van der Waals surface area contributed by atoms with E-state index in [-0.39, 0.29) is 0 Å². The molecule has 2 rings (SSSR count). The number of imidazole rings is 1. The monoisotopic (exact) mass is 246 g/mol. The lowest BCUT2D eigenvalue weighted by atomic mass is 10.2. The van der Waals surface area contributed by atoms with Crippen LogP contribution in [-0.4, -0.2) is 29.5 Å². The van der Waals surface area contributed by atoms with Gasteiger partial charge in [0, 0.05) is 25.8 Å². The molecule has 0 aliphatic rings. The highest BCUT2D eigenvalue weighted by Crippen LogP contribution is 2.23. The molecule has 0 aliphatic carbocycles. The zero-order valence-electron chi connectivity index (χ0n) is 11.6. The fraction of sp³-hybridized carbons (Fsp3) is 0.500. The minimum atomic E-state index is 0.491. The molecule has 18 heavy (non-hydrogen) atoms. The normalized spacial score (nSPS) is 12.9. The average Bonchev–Trinajstić information content (AvgIpc) is 2.76. The highest BCUT2D eigenvalue weighted by Gasteiger charge is 2.17. The molecule has 1 atom stereocenters. The van der Waals surface area contributed by atoms with E-state index in [2.05, 4.69) is 41.7 Å². The number of hydrogen-bond acceptors (Lipinski definition) is 3. The van der Waals surface area contributed by atoms with Crippen molar-refractivity contribution in [1.82, 2.24) is 14.7 Å². The molecule has 0 radical (unpaired) electrons. The second-order valence-corrected chi connectivity index (χ2v) is 4.71. The molecule has 98 valence electrons. The molecule has 0 aliphatic heterocycles. The summed E-state index contributed by atoms with van der Waals surface area (Å²) in [4.78, 5) is 7.01. The minimum Gasteiger partial charge on any atom is -0.355 e. The van der Waals surface area contributed by atoms with Crippen molar-refractivity contribution in [3.63, 3.8) is 0 Å². The zero-order chi connectivity index (χ0) is 13.1. The Labute approximate surface area is 109 Å². The van der Waals surface area contributed by atoms with E-state index in [0.717, 1.165) is 24.4 Å². The standard InChI is InChI=1S/C14H22N4/c1-5-11(2)17(4)14-12(10-15-3)18-9-7-6-8-13(18)16-14/h6-9,11,15H,5,10H2,1-4H3. The van der Waals surface area contributed by atoms with Gasteiger partial charge in [-0.25, -0.2) is 4.98 Å². The van der Waals surface area contributed by atoms with Crippen molar-refractivity contribution < 1.29 is 0 Å². The molecular formula is C14H22N4. The van der Waals surface area contributed by atoms with E-state index in [1.807, 2.05) is 25.2 Å². The topological polar surface area (TPSA) is 32.6 Å². The quantitative estimate of drug-likeness (QED) is 0.878. The first-order valence-corrected chi connectivity index (χ1v) is 6.52. The third kappa shape index (κ3) is 2.20. The van der Waals surface area contributed by atoms with Crippen LogP contribution in [0.25, 0.3) is 5.65 Å². The van der Waals surface area contributed by atoms with Crippen LogP contribution in [0.15, 0.2) is 24.4 Å². The highest BCUT2D eigenvalue weighted by atomic mass is 15.2. The van der Waals surface area contributed by atoms with Crippen LogP contribution >= 0.6 is 0 Å². The first-order chi connectivity index (χ1) is 8.69. The van der Waals surface area contributed by atoms with Gasteiger partial charge in [-0.3, -0.25) is 0 Å². The van der Waals surface area contributed by atoms with Crippen molar-refractivity contribution >= 4 is 11.5 Å². The molecule has 0 amide bonds. The van der Waals surface area contributed by atoms with Crippen molar-refractivity contribution in [3.8, 4) is 0 Å². The third-order valence-corrected chi connectivity index (χ3v) is 3.54. The van der Waals surface area contributed by atoms with Gasteiger partial charge in [0.25, 0.3) is 0 Å². The number of hydrogen-bond donors (Lipinski definition) is 1. The fourth-order valence-corrected chi connectivity index (χ4v) is 2.13. The van der Waals surface area contributed by atoms with Gasteiger partial charge in [-0.05, 0) is 32.5 Å². The summed E-state index contributed by atoms with van der Waals surface area (Å²) in [5.41, 5.74) is 2.23. The van der Waals surface area contributed by atoms with Crippen LogP contribution in [-0.2, 0) is 6.54 Å². The Balaban J connectivity index is 2.51. The number of nitrogens with zero attached hydrogens (tertiary/aromatic N) is 3. The maximum atomic E-state index is 4.75. The van der Waals surface area contributed by atoms with Gasteiger partial charge in [0.2, 0.25) is 0 Å². The molecule has 0 aromatic carbocycles. The van der Waals surface area contributed by atoms with Crippen LogP contribution in [0.2, 0.25) is 0 Å². The molecule has 0 saturated heterocycles. The molecule has 0 saturated carbocycles. The second kappa shape index (κ2) is 5.40. The third-order valence-electron chi connectivity index (χ3n) is 3.54. The van der Waals surface area contributed by atoms with E-state index in [4.69, 9.17) is 4.98 Å². The van der Waals surface area contributed by atoms with Crippen molar-refractivity contribution in [2.24, 2.45) is 0 Å². The summed E-state index contributed by atoms with van der Waals surface area (Å²) in [6.07, 6.45) is 3.19. The average molecular weight is 246 g/mol. The molecule has 2 aromatic rings. The molecule has 0 bridgehead atoms. The van der Waals surface area contributed by atoms with Crippen LogP contribution in [0, 0.1) is 0 Å². The van der Waals surface area contributed by atoms with Gasteiger partial charge in [-0.1, -0.05) is 13.0 Å². The molecule has 4 nitrogen and oxygen atoms in total. The Bertz CT molecular complexity index is 517. The molecular weight excluding hydrogens is 224 g/mol. The van der Waals surface area contributed by atoms with Gasteiger partial charge >= 0.3 is 0 Å². The van der Waals surface area contributed by atoms with Crippen LogP contribution in [0.1, 0.15) is 26.0 Å². The van der Waals surface area contributed by atoms with E-state index in [0.29, 0.717) is 6.04 Å². The van der Waals surface area contributed by atoms with E-state index in [1.165, 1.54) is 5.69 Å². The molecule has 2 heterocycles. The Hall–Kier alpha value is -1.55. The SMILES string of the molecule is CCC(C)N(C)c1nc2ccccn2c1CNC. The van der Waals surface area contributed by atoms with Gasteiger partial charge in [-0.15, -0.1) is 0 Å². The summed E-state index contributed by atoms with van der Waals surface area (Å²) in [7, 11) is 4.09. The van der Waals surface area contributed by atoms with Crippen molar-refractivity contribution in [2.45, 2.75) is 32.9 Å². The minimum absolute atomic E-state index is 0.491. The van der Waals surface area contributed by atoms with Crippen LogP contribution in [0.5, 0.6) is 0 Å². The predicted octanol–water partition coefficient (Wildman–Crippen LogP) is 2.29. The first kappa shape index (κ1) is 12.9. The summed E-state index contributed by atoms with van der Waals surface area (Å²) in [5, 5.41) is 3.23. The predicted molar refractivity (Wildman–Crippen MR) is 76.1 cm³/mol. The Morgan fingerprint density at radius 3 is 2.89 bits per heavy atom. The number of pyridine rings is 1. The first-order valence-electron chi connectivity index (χ1n) is 6.52. The van der Waals surface area contributed by atoms with Crippen molar-refractivity contribution in [1.29, 1.82) is 0 Å². The second-order valence-electron chi connectivity index (χ2n) is 4.71. The number of nitrogens with one attached hydrogen (secondary N) is 1. The summed E-state index contributed by atoms with van der Waals surface area (Å²) in [6, 6.07) is 6.61. The molecule has 0 fully saturated rings. The fourth-order valence-electron chi connectivity index (χ4n) is 2.13. The molecule has 4 heteroatoms. The largest absolute Gasteiger partial charge is 0.355 e. The van der Waals surface area contributed by atoms with E-state index in [1.54, 1.807) is 0 Å². The van der Waals surface area contributed by atoms with Crippen LogP contribution in [0.4, 0.5) is 5.82 Å². The van der Waals surface area contributed by atoms with E-state index in [9.17, 15) is 0 Å². The van der Waals surface area contributed by atoms with Gasteiger partial charge in [0.1, 0.15) is 5.65 Å². The van der Waals surface area contributed by atoms with Crippen LogP contribution < -0.4 is 10.2 Å². The van der Waals surface area contributed by atoms with Gasteiger partial charge < -0.3 is 14.6 Å².